The summed E-state index contributed by atoms with van der Waals surface area (Å²) < 4.78 is 0. The van der Waals surface area contributed by atoms with Gasteiger partial charge in [0.2, 0.25) is 0 Å². The first-order valence-corrected chi connectivity index (χ1v) is 9.37. The van der Waals surface area contributed by atoms with Crippen molar-refractivity contribution in [2.75, 3.05) is 16.8 Å². The van der Waals surface area contributed by atoms with Crippen molar-refractivity contribution in [3.05, 3.63) is 82.6 Å². The summed E-state index contributed by atoms with van der Waals surface area (Å²) >= 11 is 6.15. The Morgan fingerprint density at radius 1 is 1.15 bits per heavy atom. The molecule has 5 heteroatoms. The summed E-state index contributed by atoms with van der Waals surface area (Å²) in [5.41, 5.74) is 5.61. The molecule has 1 N–H and O–H groups in total. The van der Waals surface area contributed by atoms with Gasteiger partial charge in [0.05, 0.1) is 17.4 Å². The molecule has 0 unspecified atom stereocenters. The van der Waals surface area contributed by atoms with Crippen LogP contribution in [0, 0.1) is 6.92 Å². The lowest BCUT2D eigenvalue weighted by Crippen LogP contribution is -2.25. The highest BCUT2D eigenvalue weighted by Gasteiger charge is 2.19. The summed E-state index contributed by atoms with van der Waals surface area (Å²) in [7, 11) is 0. The Labute approximate surface area is 163 Å². The number of nitrogens with one attached hydrogen (secondary N) is 1. The molecule has 1 aromatic heterocycles. The molecule has 2 aromatic carbocycles. The standard InChI is InChI=1S/C22H20ClN3O/c1-15-8-9-18(12-20(15)23)25-22(27)17-11-19(14-24-13-17)26-10-4-6-16-5-2-3-7-21(16)26/h2-3,5,7-9,11-14H,4,6,10H2,1H3,(H,25,27). The topological polar surface area (TPSA) is 45.2 Å². The average Bonchev–Trinajstić information content (AvgIpc) is 2.70. The maximum absolute atomic E-state index is 12.7. The summed E-state index contributed by atoms with van der Waals surface area (Å²) in [4.78, 5) is 19.2. The van der Waals surface area contributed by atoms with Crippen LogP contribution < -0.4 is 10.2 Å². The third-order valence-corrected chi connectivity index (χ3v) is 5.24. The molecular weight excluding hydrogens is 358 g/mol. The fourth-order valence-corrected chi connectivity index (χ4v) is 3.56. The van der Waals surface area contributed by atoms with Crippen LogP contribution in [0.4, 0.5) is 17.1 Å². The van der Waals surface area contributed by atoms with Crippen molar-refractivity contribution in [2.45, 2.75) is 19.8 Å². The minimum atomic E-state index is -0.199. The van der Waals surface area contributed by atoms with Crippen molar-refractivity contribution in [1.29, 1.82) is 0 Å². The molecule has 0 bridgehead atoms. The summed E-state index contributed by atoms with van der Waals surface area (Å²) in [6.45, 7) is 2.84. The van der Waals surface area contributed by atoms with E-state index in [9.17, 15) is 4.79 Å². The quantitative estimate of drug-likeness (QED) is 0.666. The first-order chi connectivity index (χ1) is 13.1. The van der Waals surface area contributed by atoms with Crippen LogP contribution in [0.25, 0.3) is 0 Å². The summed E-state index contributed by atoms with van der Waals surface area (Å²) in [6.07, 6.45) is 5.55. The molecule has 0 fully saturated rings. The molecule has 1 aliphatic rings. The van der Waals surface area contributed by atoms with E-state index in [1.165, 1.54) is 11.3 Å². The van der Waals surface area contributed by atoms with Gasteiger partial charge in [0, 0.05) is 29.1 Å². The van der Waals surface area contributed by atoms with Gasteiger partial charge in [0.25, 0.3) is 5.91 Å². The van der Waals surface area contributed by atoms with Crippen LogP contribution in [0.2, 0.25) is 5.02 Å². The number of anilines is 3. The first-order valence-electron chi connectivity index (χ1n) is 9.00. The Hall–Kier alpha value is -2.85. The van der Waals surface area contributed by atoms with Gasteiger partial charge in [-0.2, -0.15) is 0 Å². The van der Waals surface area contributed by atoms with Gasteiger partial charge in [-0.15, -0.1) is 0 Å². The molecule has 0 atom stereocenters. The van der Waals surface area contributed by atoms with Gasteiger partial charge in [-0.3, -0.25) is 9.78 Å². The Morgan fingerprint density at radius 3 is 2.85 bits per heavy atom. The number of pyridine rings is 1. The predicted molar refractivity (Wildman–Crippen MR) is 110 cm³/mol. The number of hydrogen-bond donors (Lipinski definition) is 1. The Kier molecular flexibility index (Phi) is 4.82. The number of aryl methyl sites for hydroxylation is 2. The van der Waals surface area contributed by atoms with Crippen LogP contribution in [0.3, 0.4) is 0 Å². The van der Waals surface area contributed by atoms with E-state index in [0.29, 0.717) is 16.3 Å². The first kappa shape index (κ1) is 17.6. The molecule has 0 saturated carbocycles. The number of fused-ring (bicyclic) bond motifs is 1. The van der Waals surface area contributed by atoms with Gasteiger partial charge in [-0.25, -0.2) is 0 Å². The van der Waals surface area contributed by atoms with E-state index >= 15 is 0 Å². The number of carbonyl (C=O) groups is 1. The maximum Gasteiger partial charge on any atom is 0.257 e. The number of halogens is 1. The van der Waals surface area contributed by atoms with Crippen LogP contribution in [0.1, 0.15) is 27.9 Å². The van der Waals surface area contributed by atoms with Crippen LogP contribution in [-0.4, -0.2) is 17.4 Å². The molecule has 0 radical (unpaired) electrons. The molecule has 3 aromatic rings. The number of amides is 1. The third kappa shape index (κ3) is 3.67. The van der Waals surface area contributed by atoms with Crippen LogP contribution >= 0.6 is 11.6 Å². The minimum Gasteiger partial charge on any atom is -0.340 e. The number of carbonyl (C=O) groups excluding carboxylic acids is 1. The highest BCUT2D eigenvalue weighted by molar-refractivity contribution is 6.31. The normalized spacial score (nSPS) is 13.2. The number of nitrogens with zero attached hydrogens (tertiary/aromatic N) is 2. The number of aromatic nitrogens is 1. The van der Waals surface area contributed by atoms with Gasteiger partial charge < -0.3 is 10.2 Å². The summed E-state index contributed by atoms with van der Waals surface area (Å²) in [6, 6.07) is 15.8. The largest absolute Gasteiger partial charge is 0.340 e. The van der Waals surface area contributed by atoms with Crippen molar-refractivity contribution in [2.24, 2.45) is 0 Å². The SMILES string of the molecule is Cc1ccc(NC(=O)c2cncc(N3CCCc4ccccc43)c2)cc1Cl. The summed E-state index contributed by atoms with van der Waals surface area (Å²) in [5.74, 6) is -0.199. The van der Waals surface area contributed by atoms with Crippen LogP contribution in [0.15, 0.2) is 60.9 Å². The van der Waals surface area contributed by atoms with E-state index in [1.807, 2.05) is 37.4 Å². The molecule has 4 nitrogen and oxygen atoms in total. The molecule has 136 valence electrons. The lowest BCUT2D eigenvalue weighted by atomic mass is 10.0. The Balaban J connectivity index is 1.59. The van der Waals surface area contributed by atoms with E-state index in [0.717, 1.165) is 30.6 Å². The average molecular weight is 378 g/mol. The predicted octanol–water partition coefficient (Wildman–Crippen LogP) is 5.38. The molecule has 2 heterocycles. The van der Waals surface area contributed by atoms with E-state index in [2.05, 4.69) is 33.4 Å². The number of hydrogen-bond acceptors (Lipinski definition) is 3. The minimum absolute atomic E-state index is 0.199. The second-order valence-electron chi connectivity index (χ2n) is 6.73. The maximum atomic E-state index is 12.7. The van der Waals surface area contributed by atoms with Crippen molar-refractivity contribution >= 4 is 34.6 Å². The van der Waals surface area contributed by atoms with Crippen molar-refractivity contribution in [3.63, 3.8) is 0 Å². The van der Waals surface area contributed by atoms with Gasteiger partial charge in [-0.1, -0.05) is 35.9 Å². The zero-order valence-corrected chi connectivity index (χ0v) is 15.8. The second-order valence-corrected chi connectivity index (χ2v) is 7.14. The highest BCUT2D eigenvalue weighted by atomic mass is 35.5. The van der Waals surface area contributed by atoms with Gasteiger partial charge >= 0.3 is 0 Å². The zero-order chi connectivity index (χ0) is 18.8. The second kappa shape index (κ2) is 7.41. The molecule has 0 saturated heterocycles. The smallest absolute Gasteiger partial charge is 0.257 e. The van der Waals surface area contributed by atoms with Gasteiger partial charge in [0.15, 0.2) is 0 Å². The molecule has 1 aliphatic heterocycles. The molecule has 0 aliphatic carbocycles. The fraction of sp³-hybridized carbons (Fsp3) is 0.182. The number of para-hydroxylation sites is 1. The third-order valence-electron chi connectivity index (χ3n) is 4.84. The molecule has 27 heavy (non-hydrogen) atoms. The monoisotopic (exact) mass is 377 g/mol. The van der Waals surface area contributed by atoms with Gasteiger partial charge in [-0.05, 0) is 55.2 Å². The van der Waals surface area contributed by atoms with E-state index in [4.69, 9.17) is 11.6 Å². The highest BCUT2D eigenvalue weighted by Crippen LogP contribution is 2.33. The van der Waals surface area contributed by atoms with E-state index in [-0.39, 0.29) is 5.91 Å². The van der Waals surface area contributed by atoms with Crippen molar-refractivity contribution in [3.8, 4) is 0 Å². The molecule has 4 rings (SSSR count). The zero-order valence-electron chi connectivity index (χ0n) is 15.1. The van der Waals surface area contributed by atoms with Crippen LogP contribution in [-0.2, 0) is 6.42 Å². The lowest BCUT2D eigenvalue weighted by Gasteiger charge is -2.31. The number of rotatable bonds is 3. The van der Waals surface area contributed by atoms with Crippen molar-refractivity contribution < 1.29 is 4.79 Å². The molecule has 0 spiro atoms. The van der Waals surface area contributed by atoms with Gasteiger partial charge in [0.1, 0.15) is 0 Å². The van der Waals surface area contributed by atoms with Crippen LogP contribution in [0.5, 0.6) is 0 Å². The number of benzene rings is 2. The molecule has 1 amide bonds. The van der Waals surface area contributed by atoms with E-state index in [1.54, 1.807) is 12.3 Å². The molecular formula is C22H20ClN3O. The summed E-state index contributed by atoms with van der Waals surface area (Å²) in [5, 5.41) is 3.52. The lowest BCUT2D eigenvalue weighted by molar-refractivity contribution is 0.102. The van der Waals surface area contributed by atoms with Crippen molar-refractivity contribution in [1.82, 2.24) is 4.98 Å². The Bertz CT molecular complexity index is 1000. The Morgan fingerprint density at radius 2 is 2.00 bits per heavy atom. The fourth-order valence-electron chi connectivity index (χ4n) is 3.38. The van der Waals surface area contributed by atoms with E-state index < -0.39 is 0 Å².